The summed E-state index contributed by atoms with van der Waals surface area (Å²) in [7, 11) is 1.70. The van der Waals surface area contributed by atoms with Gasteiger partial charge in [-0.25, -0.2) is 0 Å². The summed E-state index contributed by atoms with van der Waals surface area (Å²) < 4.78 is 4.96. The Hall–Kier alpha value is -0.520. The monoisotopic (exact) mass is 243 g/mol. The van der Waals surface area contributed by atoms with Gasteiger partial charge in [0, 0.05) is 26.1 Å². The molecule has 0 aliphatic rings. The molecule has 1 atom stereocenters. The van der Waals surface area contributed by atoms with E-state index < -0.39 is 0 Å². The quantitative estimate of drug-likeness (QED) is 0.744. The van der Waals surface area contributed by atoms with Crippen LogP contribution in [0.2, 0.25) is 0 Å². The average molecular weight is 243 g/mol. The summed E-state index contributed by atoms with van der Waals surface area (Å²) in [5, 5.41) is 13.9. The van der Waals surface area contributed by atoms with Crippen LogP contribution >= 0.6 is 11.3 Å². The number of aromatic nitrogens is 2. The first-order chi connectivity index (χ1) is 7.65. The molecule has 0 saturated carbocycles. The van der Waals surface area contributed by atoms with Gasteiger partial charge in [0.15, 0.2) is 0 Å². The van der Waals surface area contributed by atoms with Crippen LogP contribution in [0, 0.1) is 5.92 Å². The highest BCUT2D eigenvalue weighted by Crippen LogP contribution is 2.26. The third-order valence-electron chi connectivity index (χ3n) is 2.63. The molecule has 0 saturated heterocycles. The number of nitrogens with zero attached hydrogens (tertiary/aromatic N) is 2. The molecule has 1 aromatic heterocycles. The lowest BCUT2D eigenvalue weighted by Crippen LogP contribution is -2.18. The van der Waals surface area contributed by atoms with E-state index >= 15 is 0 Å². The predicted octanol–water partition coefficient (Wildman–Crippen LogP) is 2.03. The zero-order valence-corrected chi connectivity index (χ0v) is 11.3. The van der Waals surface area contributed by atoms with Gasteiger partial charge in [-0.2, -0.15) is 0 Å². The summed E-state index contributed by atoms with van der Waals surface area (Å²) in [5.74, 6) is 1.10. The molecule has 1 aromatic rings. The van der Waals surface area contributed by atoms with Gasteiger partial charge in [-0.05, 0) is 5.92 Å². The fraction of sp³-hybridized carbons (Fsp3) is 0.818. The lowest BCUT2D eigenvalue weighted by molar-refractivity contribution is 0.199. The standard InChI is InChI=1S/C11H21N3OS/c1-8(2)9(3)11-14-13-10(16-11)7-12-5-6-15-4/h8-9,12H,5-7H2,1-4H3. The summed E-state index contributed by atoms with van der Waals surface area (Å²) in [6, 6.07) is 0. The lowest BCUT2D eigenvalue weighted by Gasteiger charge is -2.10. The van der Waals surface area contributed by atoms with E-state index in [2.05, 4.69) is 36.3 Å². The first-order valence-electron chi connectivity index (χ1n) is 5.67. The third kappa shape index (κ3) is 4.15. The fourth-order valence-electron chi connectivity index (χ4n) is 1.18. The lowest BCUT2D eigenvalue weighted by atomic mass is 9.99. The second-order valence-corrected chi connectivity index (χ2v) is 5.33. The molecular formula is C11H21N3OS. The van der Waals surface area contributed by atoms with Crippen molar-refractivity contribution in [1.29, 1.82) is 0 Å². The Labute approximate surface area is 101 Å². The van der Waals surface area contributed by atoms with Gasteiger partial charge in [0.1, 0.15) is 10.0 Å². The van der Waals surface area contributed by atoms with Crippen molar-refractivity contribution < 1.29 is 4.74 Å². The smallest absolute Gasteiger partial charge is 0.131 e. The van der Waals surface area contributed by atoms with Crippen molar-refractivity contribution in [3.05, 3.63) is 10.0 Å². The van der Waals surface area contributed by atoms with Crippen molar-refractivity contribution in [2.45, 2.75) is 33.2 Å². The molecule has 0 aliphatic carbocycles. The van der Waals surface area contributed by atoms with Crippen molar-refractivity contribution in [3.8, 4) is 0 Å². The Morgan fingerprint density at radius 2 is 2.06 bits per heavy atom. The van der Waals surface area contributed by atoms with Crippen LogP contribution in [-0.2, 0) is 11.3 Å². The summed E-state index contributed by atoms with van der Waals surface area (Å²) in [5.41, 5.74) is 0. The second-order valence-electron chi connectivity index (χ2n) is 4.24. The zero-order valence-electron chi connectivity index (χ0n) is 10.5. The first-order valence-corrected chi connectivity index (χ1v) is 6.48. The molecule has 0 aromatic carbocycles. The van der Waals surface area contributed by atoms with Crippen LogP contribution in [0.5, 0.6) is 0 Å². The summed E-state index contributed by atoms with van der Waals surface area (Å²) in [6.45, 7) is 8.99. The van der Waals surface area contributed by atoms with Crippen LogP contribution in [0.1, 0.15) is 36.7 Å². The Kier molecular flexibility index (Phi) is 5.87. The molecule has 0 aliphatic heterocycles. The largest absolute Gasteiger partial charge is 0.383 e. The van der Waals surface area contributed by atoms with Gasteiger partial charge in [0.05, 0.1) is 6.61 Å². The molecular weight excluding hydrogens is 222 g/mol. The highest BCUT2D eigenvalue weighted by atomic mass is 32.1. The molecule has 4 nitrogen and oxygen atoms in total. The van der Waals surface area contributed by atoms with Gasteiger partial charge in [-0.15, -0.1) is 10.2 Å². The number of hydrogen-bond acceptors (Lipinski definition) is 5. The molecule has 5 heteroatoms. The van der Waals surface area contributed by atoms with Gasteiger partial charge >= 0.3 is 0 Å². The Bertz CT molecular complexity index is 301. The average Bonchev–Trinajstić information content (AvgIpc) is 2.72. The van der Waals surface area contributed by atoms with Crippen LogP contribution in [0.25, 0.3) is 0 Å². The molecule has 0 spiro atoms. The Morgan fingerprint density at radius 1 is 1.31 bits per heavy atom. The molecule has 1 N–H and O–H groups in total. The van der Waals surface area contributed by atoms with Gasteiger partial charge in [0.2, 0.25) is 0 Å². The third-order valence-corrected chi connectivity index (χ3v) is 3.76. The molecule has 1 unspecified atom stereocenters. The van der Waals surface area contributed by atoms with E-state index in [4.69, 9.17) is 4.74 Å². The minimum absolute atomic E-state index is 0.491. The highest BCUT2D eigenvalue weighted by Gasteiger charge is 2.14. The highest BCUT2D eigenvalue weighted by molar-refractivity contribution is 7.11. The topological polar surface area (TPSA) is 47.0 Å². The molecule has 16 heavy (non-hydrogen) atoms. The molecule has 0 bridgehead atoms. The van der Waals surface area contributed by atoms with E-state index in [9.17, 15) is 0 Å². The number of nitrogens with one attached hydrogen (secondary N) is 1. The number of hydrogen-bond donors (Lipinski definition) is 1. The van der Waals surface area contributed by atoms with Crippen LogP contribution in [0.3, 0.4) is 0 Å². The van der Waals surface area contributed by atoms with Gasteiger partial charge in [-0.1, -0.05) is 32.1 Å². The normalized spacial score (nSPS) is 13.3. The fourth-order valence-corrected chi connectivity index (χ4v) is 2.21. The summed E-state index contributed by atoms with van der Waals surface area (Å²) in [4.78, 5) is 0. The molecule has 92 valence electrons. The van der Waals surface area contributed by atoms with Crippen LogP contribution in [0.4, 0.5) is 0 Å². The molecule has 1 rings (SSSR count). The minimum Gasteiger partial charge on any atom is -0.383 e. The maximum atomic E-state index is 4.96. The maximum absolute atomic E-state index is 4.96. The molecule has 1 heterocycles. The van der Waals surface area contributed by atoms with E-state index in [1.165, 1.54) is 0 Å². The van der Waals surface area contributed by atoms with Crippen molar-refractivity contribution >= 4 is 11.3 Å². The Balaban J connectivity index is 2.39. The van der Waals surface area contributed by atoms with Crippen molar-refractivity contribution in [2.24, 2.45) is 5.92 Å². The maximum Gasteiger partial charge on any atom is 0.131 e. The van der Waals surface area contributed by atoms with E-state index in [1.54, 1.807) is 18.4 Å². The van der Waals surface area contributed by atoms with E-state index in [-0.39, 0.29) is 0 Å². The van der Waals surface area contributed by atoms with E-state index in [1.807, 2.05) is 0 Å². The Morgan fingerprint density at radius 3 is 2.69 bits per heavy atom. The first kappa shape index (κ1) is 13.5. The second kappa shape index (κ2) is 6.93. The van der Waals surface area contributed by atoms with Gasteiger partial charge in [-0.3, -0.25) is 0 Å². The number of rotatable bonds is 7. The van der Waals surface area contributed by atoms with E-state index in [0.717, 1.165) is 29.7 Å². The minimum atomic E-state index is 0.491. The van der Waals surface area contributed by atoms with Gasteiger partial charge < -0.3 is 10.1 Å². The number of ether oxygens (including phenoxy) is 1. The van der Waals surface area contributed by atoms with Crippen LogP contribution in [0.15, 0.2) is 0 Å². The summed E-state index contributed by atoms with van der Waals surface area (Å²) in [6.07, 6.45) is 0. The molecule has 0 amide bonds. The van der Waals surface area contributed by atoms with Crippen molar-refractivity contribution in [3.63, 3.8) is 0 Å². The summed E-state index contributed by atoms with van der Waals surface area (Å²) >= 11 is 1.70. The molecule has 0 radical (unpaired) electrons. The van der Waals surface area contributed by atoms with Crippen molar-refractivity contribution in [1.82, 2.24) is 15.5 Å². The van der Waals surface area contributed by atoms with Crippen LogP contribution < -0.4 is 5.32 Å². The van der Waals surface area contributed by atoms with Crippen molar-refractivity contribution in [2.75, 3.05) is 20.3 Å². The zero-order chi connectivity index (χ0) is 12.0. The van der Waals surface area contributed by atoms with E-state index in [0.29, 0.717) is 11.8 Å². The SMILES string of the molecule is COCCNCc1nnc(C(C)C(C)C)s1. The molecule has 0 fully saturated rings. The predicted molar refractivity (Wildman–Crippen MR) is 66.7 cm³/mol. The van der Waals surface area contributed by atoms with Crippen LogP contribution in [-0.4, -0.2) is 30.5 Å². The number of methoxy groups -OCH3 is 1. The van der Waals surface area contributed by atoms with Gasteiger partial charge in [0.25, 0.3) is 0 Å².